The van der Waals surface area contributed by atoms with E-state index in [9.17, 15) is 24.6 Å². The maximum absolute atomic E-state index is 12.2. The van der Waals surface area contributed by atoms with Crippen molar-refractivity contribution in [3.8, 4) is 0 Å². The third-order valence-corrected chi connectivity index (χ3v) is 5.19. The molecular weight excluding hydrogens is 328 g/mol. The molecule has 2 aliphatic carbocycles. The molecule has 9 heteroatoms. The zero-order valence-electron chi connectivity index (χ0n) is 12.9. The standard InChI is InChI=1S/C14H22N2O6.ClH/c1-3-5(2)10(15)11(18)16-14(13(21)22)4-6(17)7-8(9(7)14)12(19)20;/h5-10,17H,3-4,15H2,1-2H3,(H,16,18)(H,19,20)(H,21,22);1H/t5?,6-,7-,8-,9-,10-,14-;/m0./s1. The number of nitrogens with one attached hydrogen (secondary N) is 1. The molecule has 1 amide bonds. The normalized spacial score (nSPS) is 37.0. The Labute approximate surface area is 139 Å². The van der Waals surface area contributed by atoms with Gasteiger partial charge in [0, 0.05) is 18.3 Å². The highest BCUT2D eigenvalue weighted by molar-refractivity contribution is 5.92. The number of carbonyl (C=O) groups excluding carboxylic acids is 1. The molecule has 0 aromatic carbocycles. The highest BCUT2D eigenvalue weighted by Gasteiger charge is 2.75. The zero-order chi connectivity index (χ0) is 16.8. The SMILES string of the molecule is CCC(C)[C@H](N)C(=O)N[C@@]1(C(=O)O)C[C@H](O)[C@H]2[C@H](C(=O)O)[C@H]21.Cl. The number of hydrogen-bond donors (Lipinski definition) is 5. The number of hydrogen-bond acceptors (Lipinski definition) is 5. The number of rotatable bonds is 6. The Balaban J connectivity index is 0.00000264. The first-order chi connectivity index (χ1) is 10.2. The van der Waals surface area contributed by atoms with E-state index < -0.39 is 53.3 Å². The van der Waals surface area contributed by atoms with Gasteiger partial charge in [0.2, 0.25) is 5.91 Å². The fraction of sp³-hybridized carbons (Fsp3) is 0.786. The molecule has 2 rings (SSSR count). The van der Waals surface area contributed by atoms with Crippen molar-refractivity contribution in [1.82, 2.24) is 5.32 Å². The van der Waals surface area contributed by atoms with Crippen LogP contribution in [0.5, 0.6) is 0 Å². The lowest BCUT2D eigenvalue weighted by Gasteiger charge is -2.31. The second kappa shape index (κ2) is 6.62. The number of halogens is 1. The molecule has 0 aromatic heterocycles. The molecule has 0 heterocycles. The van der Waals surface area contributed by atoms with Gasteiger partial charge in [0.1, 0.15) is 5.54 Å². The van der Waals surface area contributed by atoms with E-state index in [-0.39, 0.29) is 24.7 Å². The molecule has 0 saturated heterocycles. The van der Waals surface area contributed by atoms with Crippen LogP contribution in [0, 0.1) is 23.7 Å². The van der Waals surface area contributed by atoms with E-state index in [1.165, 1.54) is 0 Å². The van der Waals surface area contributed by atoms with Crippen molar-refractivity contribution >= 4 is 30.3 Å². The zero-order valence-corrected chi connectivity index (χ0v) is 13.7. The van der Waals surface area contributed by atoms with Crippen LogP contribution in [0.2, 0.25) is 0 Å². The van der Waals surface area contributed by atoms with Crippen molar-refractivity contribution in [1.29, 1.82) is 0 Å². The summed E-state index contributed by atoms with van der Waals surface area (Å²) < 4.78 is 0. The summed E-state index contributed by atoms with van der Waals surface area (Å²) in [5, 5.41) is 31.0. The first kappa shape index (κ1) is 19.7. The third kappa shape index (κ3) is 3.02. The number of aliphatic hydroxyl groups is 1. The lowest BCUT2D eigenvalue weighted by Crippen LogP contribution is -2.60. The van der Waals surface area contributed by atoms with Crippen LogP contribution in [-0.2, 0) is 14.4 Å². The molecule has 0 aliphatic heterocycles. The Morgan fingerprint density at radius 3 is 2.30 bits per heavy atom. The Bertz CT molecular complexity index is 515. The molecule has 0 spiro atoms. The summed E-state index contributed by atoms with van der Waals surface area (Å²) in [4.78, 5) is 35.1. The van der Waals surface area contributed by atoms with Crippen LogP contribution in [0.25, 0.3) is 0 Å². The molecule has 2 aliphatic rings. The van der Waals surface area contributed by atoms with Gasteiger partial charge in [-0.1, -0.05) is 20.3 Å². The summed E-state index contributed by atoms with van der Waals surface area (Å²) >= 11 is 0. The van der Waals surface area contributed by atoms with Gasteiger partial charge in [0.05, 0.1) is 18.1 Å². The summed E-state index contributed by atoms with van der Waals surface area (Å²) in [5.41, 5.74) is 4.06. The number of carboxylic acids is 2. The number of amides is 1. The van der Waals surface area contributed by atoms with E-state index in [1.54, 1.807) is 6.92 Å². The minimum Gasteiger partial charge on any atom is -0.481 e. The summed E-state index contributed by atoms with van der Waals surface area (Å²) in [6, 6.07) is -0.876. The number of carbonyl (C=O) groups is 3. The van der Waals surface area contributed by atoms with E-state index in [1.807, 2.05) is 6.92 Å². The molecule has 0 aromatic rings. The van der Waals surface area contributed by atoms with E-state index in [2.05, 4.69) is 5.32 Å². The van der Waals surface area contributed by atoms with Gasteiger partial charge in [0.25, 0.3) is 0 Å². The molecule has 1 unspecified atom stereocenters. The van der Waals surface area contributed by atoms with Gasteiger partial charge in [-0.25, -0.2) is 4.79 Å². The predicted octanol–water partition coefficient (Wildman–Crippen LogP) is -0.567. The topological polar surface area (TPSA) is 150 Å². The minimum absolute atomic E-state index is 0. The van der Waals surface area contributed by atoms with Crippen molar-refractivity contribution in [3.63, 3.8) is 0 Å². The first-order valence-corrected chi connectivity index (χ1v) is 7.39. The summed E-state index contributed by atoms with van der Waals surface area (Å²) in [7, 11) is 0. The van der Waals surface area contributed by atoms with Crippen LogP contribution in [0.4, 0.5) is 0 Å². The average Bonchev–Trinajstić information content (AvgIpc) is 3.14. The van der Waals surface area contributed by atoms with Crippen molar-refractivity contribution in [2.45, 2.75) is 44.4 Å². The van der Waals surface area contributed by atoms with E-state index >= 15 is 0 Å². The molecule has 6 N–H and O–H groups in total. The molecular formula is C14H23ClN2O6. The van der Waals surface area contributed by atoms with Crippen LogP contribution in [-0.4, -0.2) is 50.9 Å². The van der Waals surface area contributed by atoms with Gasteiger partial charge in [-0.05, 0) is 5.92 Å². The third-order valence-electron chi connectivity index (χ3n) is 5.19. The van der Waals surface area contributed by atoms with Crippen LogP contribution in [0.3, 0.4) is 0 Å². The molecule has 23 heavy (non-hydrogen) atoms. The average molecular weight is 351 g/mol. The van der Waals surface area contributed by atoms with Gasteiger partial charge in [-0.15, -0.1) is 12.4 Å². The number of aliphatic hydroxyl groups excluding tert-OH is 1. The Morgan fingerprint density at radius 2 is 1.91 bits per heavy atom. The lowest BCUT2D eigenvalue weighted by molar-refractivity contribution is -0.151. The fourth-order valence-electron chi connectivity index (χ4n) is 3.60. The number of carboxylic acid groups (broad SMARTS) is 2. The summed E-state index contributed by atoms with van der Waals surface area (Å²) in [6.45, 7) is 3.64. The monoisotopic (exact) mass is 350 g/mol. The Kier molecular flexibility index (Phi) is 5.66. The largest absolute Gasteiger partial charge is 0.481 e. The van der Waals surface area contributed by atoms with E-state index in [0.717, 1.165) is 0 Å². The highest BCUT2D eigenvalue weighted by Crippen LogP contribution is 2.62. The van der Waals surface area contributed by atoms with Gasteiger partial charge in [-0.2, -0.15) is 0 Å². The van der Waals surface area contributed by atoms with Gasteiger partial charge < -0.3 is 26.4 Å². The lowest BCUT2D eigenvalue weighted by atomic mass is 9.88. The van der Waals surface area contributed by atoms with Gasteiger partial charge >= 0.3 is 11.9 Å². The summed E-state index contributed by atoms with van der Waals surface area (Å²) in [6.07, 6.45) is -0.594. The van der Waals surface area contributed by atoms with E-state index in [4.69, 9.17) is 10.8 Å². The second-order valence-corrected chi connectivity index (χ2v) is 6.42. The minimum atomic E-state index is -1.75. The maximum atomic E-state index is 12.2. The second-order valence-electron chi connectivity index (χ2n) is 6.42. The Morgan fingerprint density at radius 1 is 1.35 bits per heavy atom. The smallest absolute Gasteiger partial charge is 0.329 e. The summed E-state index contributed by atoms with van der Waals surface area (Å²) in [5.74, 6) is -5.62. The highest BCUT2D eigenvalue weighted by atomic mass is 35.5. The Hall–Kier alpha value is -1.38. The van der Waals surface area contributed by atoms with Crippen LogP contribution in [0.1, 0.15) is 26.7 Å². The predicted molar refractivity (Wildman–Crippen MR) is 81.9 cm³/mol. The number of nitrogens with two attached hydrogens (primary N) is 1. The number of aliphatic carboxylic acids is 2. The quantitative estimate of drug-likeness (QED) is 0.430. The van der Waals surface area contributed by atoms with Crippen LogP contribution < -0.4 is 11.1 Å². The molecule has 2 fully saturated rings. The molecule has 0 radical (unpaired) electrons. The van der Waals surface area contributed by atoms with E-state index in [0.29, 0.717) is 6.42 Å². The van der Waals surface area contributed by atoms with Crippen molar-refractivity contribution < 1.29 is 29.7 Å². The van der Waals surface area contributed by atoms with Gasteiger partial charge in [-0.3, -0.25) is 9.59 Å². The van der Waals surface area contributed by atoms with Crippen molar-refractivity contribution in [3.05, 3.63) is 0 Å². The van der Waals surface area contributed by atoms with Crippen molar-refractivity contribution in [2.24, 2.45) is 29.4 Å². The van der Waals surface area contributed by atoms with Crippen LogP contribution in [0.15, 0.2) is 0 Å². The molecule has 7 atom stereocenters. The van der Waals surface area contributed by atoms with Gasteiger partial charge in [0.15, 0.2) is 0 Å². The van der Waals surface area contributed by atoms with Crippen molar-refractivity contribution in [2.75, 3.05) is 0 Å². The molecule has 132 valence electrons. The fourth-order valence-corrected chi connectivity index (χ4v) is 3.60. The molecule has 0 bridgehead atoms. The first-order valence-electron chi connectivity index (χ1n) is 7.39. The maximum Gasteiger partial charge on any atom is 0.329 e. The van der Waals surface area contributed by atoms with Crippen LogP contribution >= 0.6 is 12.4 Å². The number of fused-ring (bicyclic) bond motifs is 1. The molecule has 2 saturated carbocycles. The molecule has 8 nitrogen and oxygen atoms in total.